The molecule has 0 amide bonds. The lowest BCUT2D eigenvalue weighted by atomic mass is 9.87. The normalized spacial score (nSPS) is 18.0. The summed E-state index contributed by atoms with van der Waals surface area (Å²) < 4.78 is 0. The SMILES string of the molecule is Cc1ccccc1N(C)CC1(C=O)CCCC1. The molecule has 17 heavy (non-hydrogen) atoms. The van der Waals surface area contributed by atoms with Crippen molar-refractivity contribution < 1.29 is 4.79 Å². The van der Waals surface area contributed by atoms with E-state index in [4.69, 9.17) is 0 Å². The minimum atomic E-state index is -0.100. The van der Waals surface area contributed by atoms with E-state index < -0.39 is 0 Å². The minimum absolute atomic E-state index is 0.100. The van der Waals surface area contributed by atoms with Crippen molar-refractivity contribution in [1.82, 2.24) is 0 Å². The van der Waals surface area contributed by atoms with E-state index in [2.05, 4.69) is 43.1 Å². The van der Waals surface area contributed by atoms with E-state index >= 15 is 0 Å². The molecular weight excluding hydrogens is 210 g/mol. The first-order valence-electron chi connectivity index (χ1n) is 6.40. The van der Waals surface area contributed by atoms with Gasteiger partial charge in [-0.05, 0) is 31.4 Å². The van der Waals surface area contributed by atoms with Gasteiger partial charge in [0, 0.05) is 24.7 Å². The van der Waals surface area contributed by atoms with Crippen LogP contribution in [0.3, 0.4) is 0 Å². The number of aldehydes is 1. The van der Waals surface area contributed by atoms with Crippen molar-refractivity contribution in [2.75, 3.05) is 18.5 Å². The second kappa shape index (κ2) is 4.91. The number of carbonyl (C=O) groups excluding carboxylic acids is 1. The number of anilines is 1. The Morgan fingerprint density at radius 2 is 1.94 bits per heavy atom. The molecule has 0 N–H and O–H groups in total. The average molecular weight is 231 g/mol. The number of benzene rings is 1. The first-order valence-corrected chi connectivity index (χ1v) is 6.40. The number of nitrogens with zero attached hydrogens (tertiary/aromatic N) is 1. The summed E-state index contributed by atoms with van der Waals surface area (Å²) in [4.78, 5) is 13.6. The van der Waals surface area contributed by atoms with Gasteiger partial charge in [0.25, 0.3) is 0 Å². The highest BCUT2D eigenvalue weighted by atomic mass is 16.1. The number of aryl methyl sites for hydroxylation is 1. The lowest BCUT2D eigenvalue weighted by Crippen LogP contribution is -2.35. The highest BCUT2D eigenvalue weighted by molar-refractivity contribution is 5.63. The highest BCUT2D eigenvalue weighted by Crippen LogP contribution is 2.37. The smallest absolute Gasteiger partial charge is 0.127 e. The van der Waals surface area contributed by atoms with E-state index in [1.807, 2.05) is 0 Å². The summed E-state index contributed by atoms with van der Waals surface area (Å²) in [5.74, 6) is 0. The molecule has 0 saturated heterocycles. The predicted molar refractivity (Wildman–Crippen MR) is 71.4 cm³/mol. The Morgan fingerprint density at radius 1 is 1.29 bits per heavy atom. The Labute approximate surface area is 104 Å². The molecule has 1 aliphatic carbocycles. The van der Waals surface area contributed by atoms with E-state index in [0.29, 0.717) is 0 Å². The van der Waals surface area contributed by atoms with Crippen molar-refractivity contribution in [2.45, 2.75) is 32.6 Å². The maximum absolute atomic E-state index is 11.4. The Bertz CT molecular complexity index is 394. The summed E-state index contributed by atoms with van der Waals surface area (Å²) >= 11 is 0. The number of para-hydroxylation sites is 1. The molecule has 0 aliphatic heterocycles. The van der Waals surface area contributed by atoms with Crippen LogP contribution in [0.5, 0.6) is 0 Å². The predicted octanol–water partition coefficient (Wildman–Crippen LogP) is 3.19. The fourth-order valence-electron chi connectivity index (χ4n) is 2.94. The molecule has 0 atom stereocenters. The van der Waals surface area contributed by atoms with Crippen LogP contribution in [0.25, 0.3) is 0 Å². The van der Waals surface area contributed by atoms with Crippen LogP contribution in [0.2, 0.25) is 0 Å². The fourth-order valence-corrected chi connectivity index (χ4v) is 2.94. The van der Waals surface area contributed by atoms with E-state index in [1.165, 1.54) is 30.4 Å². The third-order valence-corrected chi connectivity index (χ3v) is 3.93. The summed E-state index contributed by atoms with van der Waals surface area (Å²) in [7, 11) is 2.09. The van der Waals surface area contributed by atoms with E-state index in [-0.39, 0.29) is 5.41 Å². The second-order valence-corrected chi connectivity index (χ2v) is 5.33. The Kier molecular flexibility index (Phi) is 3.51. The van der Waals surface area contributed by atoms with Crippen LogP contribution in [0, 0.1) is 12.3 Å². The standard InChI is InChI=1S/C15H21NO/c1-13-7-3-4-8-14(13)16(2)11-15(12-17)9-5-6-10-15/h3-4,7-8,12H,5-6,9-11H2,1-2H3. The Balaban J connectivity index is 2.13. The molecular formula is C15H21NO. The highest BCUT2D eigenvalue weighted by Gasteiger charge is 2.34. The molecule has 1 fully saturated rings. The van der Waals surface area contributed by atoms with E-state index in [1.54, 1.807) is 0 Å². The molecule has 2 rings (SSSR count). The zero-order valence-electron chi connectivity index (χ0n) is 10.8. The van der Waals surface area contributed by atoms with Gasteiger partial charge in [-0.3, -0.25) is 0 Å². The molecule has 2 heteroatoms. The van der Waals surface area contributed by atoms with Crippen LogP contribution >= 0.6 is 0 Å². The molecule has 0 spiro atoms. The van der Waals surface area contributed by atoms with E-state index in [9.17, 15) is 4.79 Å². The number of hydrogen-bond acceptors (Lipinski definition) is 2. The molecule has 1 aliphatic rings. The molecule has 1 saturated carbocycles. The summed E-state index contributed by atoms with van der Waals surface area (Å²) in [6.45, 7) is 2.97. The number of hydrogen-bond donors (Lipinski definition) is 0. The molecule has 1 aromatic carbocycles. The topological polar surface area (TPSA) is 20.3 Å². The lowest BCUT2D eigenvalue weighted by molar-refractivity contribution is -0.115. The van der Waals surface area contributed by atoms with Gasteiger partial charge in [-0.25, -0.2) is 0 Å². The van der Waals surface area contributed by atoms with E-state index in [0.717, 1.165) is 19.4 Å². The van der Waals surface area contributed by atoms with Gasteiger partial charge in [0.1, 0.15) is 6.29 Å². The van der Waals surface area contributed by atoms with Crippen LogP contribution in [0.15, 0.2) is 24.3 Å². The van der Waals surface area contributed by atoms with Gasteiger partial charge >= 0.3 is 0 Å². The van der Waals surface area contributed by atoms with Gasteiger partial charge < -0.3 is 9.69 Å². The molecule has 1 aromatic rings. The molecule has 0 heterocycles. The Hall–Kier alpha value is -1.31. The third kappa shape index (κ3) is 2.51. The summed E-state index contributed by atoms with van der Waals surface area (Å²) in [6, 6.07) is 8.36. The third-order valence-electron chi connectivity index (χ3n) is 3.93. The van der Waals surface area contributed by atoms with Crippen LogP contribution in [0.4, 0.5) is 5.69 Å². The first-order chi connectivity index (χ1) is 8.17. The average Bonchev–Trinajstić information content (AvgIpc) is 2.79. The molecule has 0 aromatic heterocycles. The summed E-state index contributed by atoms with van der Waals surface area (Å²) in [5.41, 5.74) is 2.41. The fraction of sp³-hybridized carbons (Fsp3) is 0.533. The number of carbonyl (C=O) groups is 1. The van der Waals surface area contributed by atoms with Crippen molar-refractivity contribution in [3.05, 3.63) is 29.8 Å². The van der Waals surface area contributed by atoms with Crippen LogP contribution in [0.1, 0.15) is 31.2 Å². The van der Waals surface area contributed by atoms with Crippen molar-refractivity contribution in [3.8, 4) is 0 Å². The van der Waals surface area contributed by atoms with Crippen LogP contribution < -0.4 is 4.90 Å². The van der Waals surface area contributed by atoms with Gasteiger partial charge in [-0.2, -0.15) is 0 Å². The van der Waals surface area contributed by atoms with Crippen LogP contribution in [-0.2, 0) is 4.79 Å². The van der Waals surface area contributed by atoms with Crippen molar-refractivity contribution in [2.24, 2.45) is 5.41 Å². The second-order valence-electron chi connectivity index (χ2n) is 5.33. The quantitative estimate of drug-likeness (QED) is 0.742. The van der Waals surface area contributed by atoms with Crippen LogP contribution in [-0.4, -0.2) is 19.9 Å². The number of rotatable bonds is 4. The van der Waals surface area contributed by atoms with Crippen molar-refractivity contribution in [1.29, 1.82) is 0 Å². The molecule has 0 radical (unpaired) electrons. The van der Waals surface area contributed by atoms with Gasteiger partial charge in [0.15, 0.2) is 0 Å². The van der Waals surface area contributed by atoms with Gasteiger partial charge in [0.05, 0.1) is 0 Å². The van der Waals surface area contributed by atoms with Gasteiger partial charge in [-0.15, -0.1) is 0 Å². The zero-order chi connectivity index (χ0) is 12.3. The molecule has 0 bridgehead atoms. The summed E-state index contributed by atoms with van der Waals surface area (Å²) in [5, 5.41) is 0. The van der Waals surface area contributed by atoms with Gasteiger partial charge in [0.2, 0.25) is 0 Å². The molecule has 0 unspecified atom stereocenters. The largest absolute Gasteiger partial charge is 0.373 e. The van der Waals surface area contributed by atoms with Crippen molar-refractivity contribution >= 4 is 12.0 Å². The molecule has 2 nitrogen and oxygen atoms in total. The van der Waals surface area contributed by atoms with Crippen molar-refractivity contribution in [3.63, 3.8) is 0 Å². The summed E-state index contributed by atoms with van der Waals surface area (Å²) in [6.07, 6.45) is 5.68. The Morgan fingerprint density at radius 3 is 2.53 bits per heavy atom. The monoisotopic (exact) mass is 231 g/mol. The maximum atomic E-state index is 11.4. The maximum Gasteiger partial charge on any atom is 0.127 e. The van der Waals surface area contributed by atoms with Gasteiger partial charge in [-0.1, -0.05) is 31.0 Å². The first kappa shape index (κ1) is 12.2. The zero-order valence-corrected chi connectivity index (χ0v) is 10.8. The molecule has 92 valence electrons. The lowest BCUT2D eigenvalue weighted by Gasteiger charge is -2.30. The minimum Gasteiger partial charge on any atom is -0.373 e.